The predicted octanol–water partition coefficient (Wildman–Crippen LogP) is 3.24. The van der Waals surface area contributed by atoms with Crippen LogP contribution in [0, 0.1) is 10.1 Å². The minimum Gasteiger partial charge on any atom is -0.465 e. The van der Waals surface area contributed by atoms with E-state index >= 15 is 0 Å². The van der Waals surface area contributed by atoms with Crippen LogP contribution in [0.1, 0.15) is 36.2 Å². The molecule has 166 valence electrons. The summed E-state index contributed by atoms with van der Waals surface area (Å²) < 4.78 is 0. The summed E-state index contributed by atoms with van der Waals surface area (Å²) in [6, 6.07) is 11.0. The minimum atomic E-state index is -1.34. The molecule has 0 fully saturated rings. The van der Waals surface area contributed by atoms with Crippen LogP contribution in [-0.4, -0.2) is 45.7 Å². The largest absolute Gasteiger partial charge is 0.465 e. The highest BCUT2D eigenvalue weighted by Crippen LogP contribution is 2.36. The van der Waals surface area contributed by atoms with E-state index in [-0.39, 0.29) is 41.0 Å². The molecule has 2 aromatic carbocycles. The van der Waals surface area contributed by atoms with Crippen molar-refractivity contribution in [1.29, 1.82) is 0 Å². The maximum absolute atomic E-state index is 12.5. The van der Waals surface area contributed by atoms with Crippen LogP contribution in [0.25, 0.3) is 0 Å². The molecule has 11 nitrogen and oxygen atoms in total. The molecule has 3 rings (SSSR count). The summed E-state index contributed by atoms with van der Waals surface area (Å²) in [5, 5.41) is 25.6. The number of carbonyl (C=O) groups excluding carboxylic acids is 2. The number of amides is 2. The van der Waals surface area contributed by atoms with Crippen molar-refractivity contribution in [2.75, 3.05) is 12.4 Å². The number of nitrogens with zero attached hydrogens (tertiary/aromatic N) is 3. The average molecular weight is 439 g/mol. The molecule has 0 bridgehead atoms. The van der Waals surface area contributed by atoms with Crippen LogP contribution in [0.15, 0.2) is 47.5 Å². The number of benzene rings is 2. The van der Waals surface area contributed by atoms with Crippen LogP contribution in [-0.2, 0) is 10.3 Å². The number of nitro benzene ring substituents is 1. The second-order valence-corrected chi connectivity index (χ2v) is 7.52. The minimum absolute atomic E-state index is 0.00517. The van der Waals surface area contributed by atoms with E-state index in [0.717, 1.165) is 4.90 Å². The molecule has 3 N–H and O–H groups in total. The molecule has 0 radical (unpaired) electrons. The predicted molar refractivity (Wildman–Crippen MR) is 116 cm³/mol. The van der Waals surface area contributed by atoms with Gasteiger partial charge in [0.1, 0.15) is 5.69 Å². The van der Waals surface area contributed by atoms with Gasteiger partial charge in [-0.3, -0.25) is 29.9 Å². The number of guanidine groups is 1. The first-order valence-electron chi connectivity index (χ1n) is 9.53. The number of aliphatic imine (C=N–C) groups is 1. The zero-order valence-electron chi connectivity index (χ0n) is 17.6. The highest BCUT2D eigenvalue weighted by Gasteiger charge is 2.37. The Morgan fingerprint density at radius 3 is 2.59 bits per heavy atom. The van der Waals surface area contributed by atoms with E-state index in [1.165, 1.54) is 32.2 Å². The van der Waals surface area contributed by atoms with Gasteiger partial charge in [0.25, 0.3) is 5.69 Å². The molecule has 0 saturated carbocycles. The SMILES string of the molecule is CC(=O)c1ccc(Nc2cccc([C@]3(C)CC(=O)N(C)C(NC(=O)O)=N3)c2)c([N+](=O)[O-])c1. The lowest BCUT2D eigenvalue weighted by molar-refractivity contribution is -0.383. The van der Waals surface area contributed by atoms with Gasteiger partial charge in [0.2, 0.25) is 11.9 Å². The molecule has 32 heavy (non-hydrogen) atoms. The Morgan fingerprint density at radius 2 is 1.97 bits per heavy atom. The quantitative estimate of drug-likeness (QED) is 0.367. The van der Waals surface area contributed by atoms with E-state index in [4.69, 9.17) is 5.11 Å². The maximum atomic E-state index is 12.5. The molecule has 1 aliphatic heterocycles. The molecule has 1 atom stereocenters. The van der Waals surface area contributed by atoms with Gasteiger partial charge in [-0.1, -0.05) is 12.1 Å². The summed E-state index contributed by atoms with van der Waals surface area (Å²) in [6.45, 7) is 3.03. The molecule has 0 unspecified atom stereocenters. The molecule has 2 aromatic rings. The van der Waals surface area contributed by atoms with Gasteiger partial charge in [-0.05, 0) is 43.7 Å². The first kappa shape index (κ1) is 22.4. The molecule has 0 aliphatic carbocycles. The Morgan fingerprint density at radius 1 is 1.25 bits per heavy atom. The summed E-state index contributed by atoms with van der Waals surface area (Å²) in [6.07, 6.45) is -1.34. The van der Waals surface area contributed by atoms with Gasteiger partial charge in [-0.15, -0.1) is 0 Å². The van der Waals surface area contributed by atoms with Crippen molar-refractivity contribution in [2.45, 2.75) is 25.8 Å². The topological polar surface area (TPSA) is 154 Å². The van der Waals surface area contributed by atoms with E-state index < -0.39 is 16.6 Å². The smallest absolute Gasteiger partial charge is 0.411 e. The number of nitrogens with one attached hydrogen (secondary N) is 2. The standard InChI is InChI=1S/C21H21N5O6/c1-12(27)13-7-8-16(17(9-13)26(31)32)22-15-6-4-5-14(10-15)21(2)11-18(28)25(3)19(24-21)23-20(29)30/h4-10,22H,11H2,1-3H3,(H,23,24)(H,29,30)/t21-/m0/s1. The molecule has 11 heteroatoms. The molecule has 2 amide bonds. The lowest BCUT2D eigenvalue weighted by Gasteiger charge is -2.34. The number of nitro groups is 1. The number of anilines is 2. The summed E-state index contributed by atoms with van der Waals surface area (Å²) >= 11 is 0. The average Bonchev–Trinajstić information content (AvgIpc) is 2.71. The summed E-state index contributed by atoms with van der Waals surface area (Å²) in [4.78, 5) is 51.5. The fourth-order valence-corrected chi connectivity index (χ4v) is 3.35. The second kappa shape index (κ2) is 8.46. The first-order chi connectivity index (χ1) is 15.0. The van der Waals surface area contributed by atoms with Gasteiger partial charge in [0.15, 0.2) is 5.78 Å². The van der Waals surface area contributed by atoms with Gasteiger partial charge in [0, 0.05) is 24.4 Å². The number of rotatable bonds is 5. The molecule has 0 saturated heterocycles. The number of carboxylic acid groups (broad SMARTS) is 1. The van der Waals surface area contributed by atoms with E-state index in [1.54, 1.807) is 31.2 Å². The molecule has 0 aromatic heterocycles. The highest BCUT2D eigenvalue weighted by atomic mass is 16.6. The van der Waals surface area contributed by atoms with Gasteiger partial charge in [-0.25, -0.2) is 9.79 Å². The van der Waals surface area contributed by atoms with Crippen molar-refractivity contribution in [3.63, 3.8) is 0 Å². The first-order valence-corrected chi connectivity index (χ1v) is 9.53. The monoisotopic (exact) mass is 439 g/mol. The second-order valence-electron chi connectivity index (χ2n) is 7.52. The van der Waals surface area contributed by atoms with Crippen molar-refractivity contribution in [1.82, 2.24) is 10.2 Å². The van der Waals surface area contributed by atoms with Crippen molar-refractivity contribution >= 4 is 40.8 Å². The third-order valence-corrected chi connectivity index (χ3v) is 5.12. The van der Waals surface area contributed by atoms with Crippen LogP contribution in [0.4, 0.5) is 21.9 Å². The Bertz CT molecular complexity index is 1160. The summed E-state index contributed by atoms with van der Waals surface area (Å²) in [7, 11) is 1.43. The fourth-order valence-electron chi connectivity index (χ4n) is 3.35. The number of ketones is 1. The molecule has 0 spiro atoms. The molecule has 1 heterocycles. The van der Waals surface area contributed by atoms with Crippen molar-refractivity contribution in [3.8, 4) is 0 Å². The van der Waals surface area contributed by atoms with E-state index in [9.17, 15) is 24.5 Å². The normalized spacial score (nSPS) is 18.0. The zero-order chi connectivity index (χ0) is 23.6. The molecular formula is C21H21N5O6. The maximum Gasteiger partial charge on any atom is 0.411 e. The third-order valence-electron chi connectivity index (χ3n) is 5.12. The lowest BCUT2D eigenvalue weighted by Crippen LogP contribution is -2.51. The molecular weight excluding hydrogens is 418 g/mol. The molecule has 1 aliphatic rings. The van der Waals surface area contributed by atoms with Gasteiger partial charge in [-0.2, -0.15) is 0 Å². The number of Topliss-reactive ketones (excluding diaryl/α,β-unsaturated/α-hetero) is 1. The highest BCUT2D eigenvalue weighted by molar-refractivity contribution is 6.04. The van der Waals surface area contributed by atoms with Gasteiger partial charge >= 0.3 is 6.09 Å². The third kappa shape index (κ3) is 4.56. The summed E-state index contributed by atoms with van der Waals surface area (Å²) in [5.74, 6) is -0.699. The number of carbonyl (C=O) groups is 3. The van der Waals surface area contributed by atoms with Crippen LogP contribution in [0.5, 0.6) is 0 Å². The van der Waals surface area contributed by atoms with Crippen LogP contribution in [0.3, 0.4) is 0 Å². The van der Waals surface area contributed by atoms with Crippen LogP contribution in [0.2, 0.25) is 0 Å². The number of hydrogen-bond donors (Lipinski definition) is 3. The Kier molecular flexibility index (Phi) is 5.92. The van der Waals surface area contributed by atoms with E-state index in [1.807, 2.05) is 0 Å². The Balaban J connectivity index is 1.98. The lowest BCUT2D eigenvalue weighted by atomic mass is 9.87. The summed E-state index contributed by atoms with van der Waals surface area (Å²) in [5.41, 5.74) is 0.214. The van der Waals surface area contributed by atoms with Crippen molar-refractivity contribution < 1.29 is 24.4 Å². The Hall–Kier alpha value is -4.28. The number of hydrogen-bond acceptors (Lipinski definition) is 7. The fraction of sp³-hybridized carbons (Fsp3) is 0.238. The zero-order valence-corrected chi connectivity index (χ0v) is 17.6. The van der Waals surface area contributed by atoms with E-state index in [0.29, 0.717) is 11.3 Å². The van der Waals surface area contributed by atoms with Gasteiger partial charge in [0.05, 0.1) is 16.9 Å². The van der Waals surface area contributed by atoms with E-state index in [2.05, 4.69) is 15.6 Å². The van der Waals surface area contributed by atoms with Crippen molar-refractivity contribution in [3.05, 3.63) is 63.7 Å². The van der Waals surface area contributed by atoms with Crippen molar-refractivity contribution in [2.24, 2.45) is 4.99 Å². The Labute approximate surface area is 182 Å². The van der Waals surface area contributed by atoms with Crippen LogP contribution >= 0.6 is 0 Å². The van der Waals surface area contributed by atoms with Gasteiger partial charge < -0.3 is 10.4 Å². The van der Waals surface area contributed by atoms with Crippen LogP contribution < -0.4 is 10.6 Å².